The summed E-state index contributed by atoms with van der Waals surface area (Å²) in [5, 5.41) is 0. The van der Waals surface area contributed by atoms with Crippen LogP contribution in [0.2, 0.25) is 0 Å². The van der Waals surface area contributed by atoms with Crippen LogP contribution in [0.25, 0.3) is 0 Å². The zero-order valence-corrected chi connectivity index (χ0v) is 7.93. The van der Waals surface area contributed by atoms with Crippen LogP contribution >= 0.6 is 11.8 Å². The Morgan fingerprint density at radius 3 is 2.67 bits per heavy atom. The molecule has 1 atom stereocenters. The molecule has 2 heteroatoms. The summed E-state index contributed by atoms with van der Waals surface area (Å²) < 4.78 is 5.13. The Morgan fingerprint density at radius 2 is 2.08 bits per heavy atom. The largest absolute Gasteiger partial charge is 0.372 e. The SMILES string of the molecule is Cc1ccc(SCC2CO2)cc1. The molecule has 1 saturated heterocycles. The highest BCUT2D eigenvalue weighted by Gasteiger charge is 2.21. The third-order valence-corrected chi connectivity index (χ3v) is 3.00. The first-order chi connectivity index (χ1) is 5.84. The van der Waals surface area contributed by atoms with Crippen molar-refractivity contribution >= 4 is 11.8 Å². The van der Waals surface area contributed by atoms with E-state index < -0.39 is 0 Å². The molecule has 1 aliphatic heterocycles. The van der Waals surface area contributed by atoms with E-state index in [0.29, 0.717) is 6.10 Å². The van der Waals surface area contributed by atoms with Crippen LogP contribution in [0.3, 0.4) is 0 Å². The maximum absolute atomic E-state index is 5.13. The third kappa shape index (κ3) is 2.26. The van der Waals surface area contributed by atoms with Gasteiger partial charge in [0.15, 0.2) is 0 Å². The van der Waals surface area contributed by atoms with Gasteiger partial charge >= 0.3 is 0 Å². The summed E-state index contributed by atoms with van der Waals surface area (Å²) in [6.07, 6.45) is 0.524. The number of hydrogen-bond donors (Lipinski definition) is 0. The molecule has 0 aromatic heterocycles. The molecule has 0 bridgehead atoms. The number of benzene rings is 1. The molecule has 1 aliphatic rings. The van der Waals surface area contributed by atoms with E-state index in [1.165, 1.54) is 10.5 Å². The first kappa shape index (κ1) is 8.14. The predicted octanol–water partition coefficient (Wildman–Crippen LogP) is 2.49. The van der Waals surface area contributed by atoms with Gasteiger partial charge < -0.3 is 4.74 Å². The summed E-state index contributed by atoms with van der Waals surface area (Å²) in [5.74, 6) is 1.10. The van der Waals surface area contributed by atoms with Crippen molar-refractivity contribution in [2.24, 2.45) is 0 Å². The molecule has 1 nitrogen and oxygen atoms in total. The van der Waals surface area contributed by atoms with Crippen LogP contribution in [0, 0.1) is 6.92 Å². The average Bonchev–Trinajstić information content (AvgIpc) is 2.87. The van der Waals surface area contributed by atoms with Crippen molar-refractivity contribution in [3.63, 3.8) is 0 Å². The summed E-state index contributed by atoms with van der Waals surface area (Å²) in [6, 6.07) is 8.64. The lowest BCUT2D eigenvalue weighted by Gasteiger charge is -1.98. The zero-order valence-electron chi connectivity index (χ0n) is 7.12. The number of hydrogen-bond acceptors (Lipinski definition) is 2. The minimum absolute atomic E-state index is 0.524. The summed E-state index contributed by atoms with van der Waals surface area (Å²) in [5.41, 5.74) is 1.32. The fraction of sp³-hybridized carbons (Fsp3) is 0.400. The lowest BCUT2D eigenvalue weighted by atomic mass is 10.2. The van der Waals surface area contributed by atoms with E-state index in [-0.39, 0.29) is 0 Å². The topological polar surface area (TPSA) is 12.5 Å². The van der Waals surface area contributed by atoms with E-state index >= 15 is 0 Å². The Balaban J connectivity index is 1.89. The van der Waals surface area contributed by atoms with Gasteiger partial charge in [-0.15, -0.1) is 11.8 Å². The van der Waals surface area contributed by atoms with E-state index in [1.807, 2.05) is 11.8 Å². The molecule has 0 radical (unpaired) electrons. The van der Waals surface area contributed by atoms with Gasteiger partial charge in [-0.1, -0.05) is 17.7 Å². The number of epoxide rings is 1. The van der Waals surface area contributed by atoms with Crippen molar-refractivity contribution in [1.82, 2.24) is 0 Å². The highest BCUT2D eigenvalue weighted by molar-refractivity contribution is 7.99. The van der Waals surface area contributed by atoms with E-state index in [0.717, 1.165) is 12.4 Å². The second kappa shape index (κ2) is 3.50. The zero-order chi connectivity index (χ0) is 8.39. The van der Waals surface area contributed by atoms with Crippen LogP contribution in [0.4, 0.5) is 0 Å². The van der Waals surface area contributed by atoms with Gasteiger partial charge in [0.1, 0.15) is 0 Å². The highest BCUT2D eigenvalue weighted by Crippen LogP contribution is 2.23. The molecule has 1 unspecified atom stereocenters. The lowest BCUT2D eigenvalue weighted by molar-refractivity contribution is 0.426. The number of aryl methyl sites for hydroxylation is 1. The molecule has 0 aliphatic carbocycles. The Kier molecular flexibility index (Phi) is 2.38. The van der Waals surface area contributed by atoms with Crippen LogP contribution in [0.15, 0.2) is 29.2 Å². The normalized spacial score (nSPS) is 20.9. The Hall–Kier alpha value is -0.470. The molecular weight excluding hydrogens is 168 g/mol. The third-order valence-electron chi connectivity index (χ3n) is 1.86. The van der Waals surface area contributed by atoms with Crippen LogP contribution < -0.4 is 0 Å². The second-order valence-electron chi connectivity index (χ2n) is 3.08. The van der Waals surface area contributed by atoms with Gasteiger partial charge in [-0.05, 0) is 19.1 Å². The molecule has 0 spiro atoms. The minimum atomic E-state index is 0.524. The maximum atomic E-state index is 5.13. The highest BCUT2D eigenvalue weighted by atomic mass is 32.2. The summed E-state index contributed by atoms with van der Waals surface area (Å²) in [6.45, 7) is 3.07. The molecule has 0 N–H and O–H groups in total. The first-order valence-corrected chi connectivity index (χ1v) is 5.14. The molecule has 1 aromatic rings. The first-order valence-electron chi connectivity index (χ1n) is 4.16. The van der Waals surface area contributed by atoms with E-state index in [2.05, 4.69) is 31.2 Å². The van der Waals surface area contributed by atoms with Crippen LogP contribution in [0.1, 0.15) is 5.56 Å². The van der Waals surface area contributed by atoms with Crippen molar-refractivity contribution in [2.45, 2.75) is 17.9 Å². The Bertz CT molecular complexity index is 251. The number of rotatable bonds is 3. The standard InChI is InChI=1S/C10H12OS/c1-8-2-4-10(5-3-8)12-7-9-6-11-9/h2-5,9H,6-7H2,1H3. The van der Waals surface area contributed by atoms with Crippen molar-refractivity contribution in [3.8, 4) is 0 Å². The molecular formula is C10H12OS. The van der Waals surface area contributed by atoms with Crippen LogP contribution in [0.5, 0.6) is 0 Å². The van der Waals surface area contributed by atoms with E-state index in [9.17, 15) is 0 Å². The van der Waals surface area contributed by atoms with Gasteiger partial charge in [-0.3, -0.25) is 0 Å². The molecule has 0 saturated carbocycles. The fourth-order valence-corrected chi connectivity index (χ4v) is 1.89. The van der Waals surface area contributed by atoms with Crippen molar-refractivity contribution in [3.05, 3.63) is 29.8 Å². The summed E-state index contributed by atoms with van der Waals surface area (Å²) in [7, 11) is 0. The molecule has 0 amide bonds. The van der Waals surface area contributed by atoms with E-state index in [4.69, 9.17) is 4.74 Å². The van der Waals surface area contributed by atoms with Crippen LogP contribution in [-0.2, 0) is 4.74 Å². The molecule has 1 aromatic carbocycles. The average molecular weight is 180 g/mol. The predicted molar refractivity (Wildman–Crippen MR) is 51.6 cm³/mol. The van der Waals surface area contributed by atoms with Crippen molar-refractivity contribution in [1.29, 1.82) is 0 Å². The molecule has 12 heavy (non-hydrogen) atoms. The molecule has 1 heterocycles. The van der Waals surface area contributed by atoms with Gasteiger partial charge in [-0.25, -0.2) is 0 Å². The van der Waals surface area contributed by atoms with Gasteiger partial charge in [0.05, 0.1) is 12.7 Å². The summed E-state index contributed by atoms with van der Waals surface area (Å²) >= 11 is 1.87. The minimum Gasteiger partial charge on any atom is -0.372 e. The number of thioether (sulfide) groups is 1. The summed E-state index contributed by atoms with van der Waals surface area (Å²) in [4.78, 5) is 1.34. The molecule has 2 rings (SSSR count). The molecule has 64 valence electrons. The monoisotopic (exact) mass is 180 g/mol. The van der Waals surface area contributed by atoms with Gasteiger partial charge in [0.2, 0.25) is 0 Å². The lowest BCUT2D eigenvalue weighted by Crippen LogP contribution is -1.87. The Labute approximate surface area is 77.1 Å². The van der Waals surface area contributed by atoms with Gasteiger partial charge in [0.25, 0.3) is 0 Å². The quantitative estimate of drug-likeness (QED) is 0.523. The maximum Gasteiger partial charge on any atom is 0.0903 e. The van der Waals surface area contributed by atoms with Crippen molar-refractivity contribution in [2.75, 3.05) is 12.4 Å². The van der Waals surface area contributed by atoms with Gasteiger partial charge in [0, 0.05) is 10.6 Å². The van der Waals surface area contributed by atoms with E-state index in [1.54, 1.807) is 0 Å². The fourth-order valence-electron chi connectivity index (χ4n) is 0.988. The van der Waals surface area contributed by atoms with Crippen LogP contribution in [-0.4, -0.2) is 18.5 Å². The molecule has 1 fully saturated rings. The Morgan fingerprint density at radius 1 is 1.42 bits per heavy atom. The van der Waals surface area contributed by atoms with Gasteiger partial charge in [-0.2, -0.15) is 0 Å². The smallest absolute Gasteiger partial charge is 0.0903 e. The second-order valence-corrected chi connectivity index (χ2v) is 4.17. The van der Waals surface area contributed by atoms with Crippen molar-refractivity contribution < 1.29 is 4.74 Å². The number of ether oxygens (including phenoxy) is 1.